The molecule has 0 heterocycles. The van der Waals surface area contributed by atoms with Crippen LogP contribution in [0.3, 0.4) is 0 Å². The van der Waals surface area contributed by atoms with Gasteiger partial charge in [0.15, 0.2) is 0 Å². The molecule has 1 atom stereocenters. The van der Waals surface area contributed by atoms with Gasteiger partial charge in [-0.15, -0.1) is 0 Å². The molecule has 7 nitrogen and oxygen atoms in total. The summed E-state index contributed by atoms with van der Waals surface area (Å²) in [6.07, 6.45) is 1.32. The summed E-state index contributed by atoms with van der Waals surface area (Å²) in [5, 5.41) is 3.10. The van der Waals surface area contributed by atoms with Crippen molar-refractivity contribution < 1.29 is 18.0 Å². The molecule has 0 saturated heterocycles. The molecule has 190 valence electrons. The summed E-state index contributed by atoms with van der Waals surface area (Å²) in [6.45, 7) is 1.64. The third-order valence-electron chi connectivity index (χ3n) is 5.78. The SMILES string of the molecule is CNC(=O)C(Cc1ccccc1)N(Cc1ccc(C)cc1)C(=O)CN(c1ccc(Cl)cc1)S(C)(=O)=O. The molecule has 3 rings (SSSR count). The van der Waals surface area contributed by atoms with E-state index < -0.39 is 28.5 Å². The van der Waals surface area contributed by atoms with Crippen molar-refractivity contribution in [2.75, 3.05) is 24.2 Å². The summed E-state index contributed by atoms with van der Waals surface area (Å²) in [5.41, 5.74) is 3.08. The summed E-state index contributed by atoms with van der Waals surface area (Å²) in [4.78, 5) is 28.3. The number of amides is 2. The van der Waals surface area contributed by atoms with E-state index in [1.54, 1.807) is 24.3 Å². The van der Waals surface area contributed by atoms with E-state index in [4.69, 9.17) is 11.6 Å². The van der Waals surface area contributed by atoms with Gasteiger partial charge in [0.05, 0.1) is 11.9 Å². The van der Waals surface area contributed by atoms with Crippen LogP contribution in [0.4, 0.5) is 5.69 Å². The number of hydrogen-bond acceptors (Lipinski definition) is 4. The van der Waals surface area contributed by atoms with Crippen LogP contribution >= 0.6 is 11.6 Å². The second kappa shape index (κ2) is 12.1. The fourth-order valence-corrected chi connectivity index (χ4v) is 4.81. The van der Waals surface area contributed by atoms with Crippen LogP contribution in [-0.4, -0.2) is 51.0 Å². The Bertz CT molecular complexity index is 1280. The third-order valence-corrected chi connectivity index (χ3v) is 7.18. The van der Waals surface area contributed by atoms with E-state index in [0.29, 0.717) is 10.7 Å². The zero-order chi connectivity index (χ0) is 26.3. The smallest absolute Gasteiger partial charge is 0.244 e. The van der Waals surface area contributed by atoms with Crippen molar-refractivity contribution in [2.45, 2.75) is 25.9 Å². The molecule has 9 heteroatoms. The molecule has 3 aromatic carbocycles. The van der Waals surface area contributed by atoms with E-state index in [9.17, 15) is 18.0 Å². The first kappa shape index (κ1) is 27.2. The number of halogens is 1. The van der Waals surface area contributed by atoms with Gasteiger partial charge in [0, 0.05) is 25.0 Å². The lowest BCUT2D eigenvalue weighted by atomic mass is 10.0. The highest BCUT2D eigenvalue weighted by molar-refractivity contribution is 7.92. The van der Waals surface area contributed by atoms with E-state index in [0.717, 1.165) is 27.3 Å². The topological polar surface area (TPSA) is 86.8 Å². The molecular formula is C27H30ClN3O4S. The predicted molar refractivity (Wildman–Crippen MR) is 143 cm³/mol. The van der Waals surface area contributed by atoms with Crippen LogP contribution in [0.2, 0.25) is 5.02 Å². The van der Waals surface area contributed by atoms with Crippen molar-refractivity contribution in [3.8, 4) is 0 Å². The Balaban J connectivity index is 2.00. The fourth-order valence-electron chi connectivity index (χ4n) is 3.83. The van der Waals surface area contributed by atoms with Crippen molar-refractivity contribution in [3.05, 3.63) is 101 Å². The van der Waals surface area contributed by atoms with Gasteiger partial charge >= 0.3 is 0 Å². The lowest BCUT2D eigenvalue weighted by Crippen LogP contribution is -2.52. The average Bonchev–Trinajstić information content (AvgIpc) is 2.86. The molecule has 1 N–H and O–H groups in total. The lowest BCUT2D eigenvalue weighted by Gasteiger charge is -2.33. The van der Waals surface area contributed by atoms with E-state index in [1.807, 2.05) is 61.5 Å². The number of nitrogens with one attached hydrogen (secondary N) is 1. The Hall–Kier alpha value is -3.36. The first-order chi connectivity index (χ1) is 17.1. The minimum absolute atomic E-state index is 0.141. The number of likely N-dealkylation sites (N-methyl/N-ethyl adjacent to an activating group) is 1. The van der Waals surface area contributed by atoms with E-state index in [-0.39, 0.29) is 18.9 Å². The zero-order valence-electron chi connectivity index (χ0n) is 20.5. The Kier molecular flexibility index (Phi) is 9.12. The van der Waals surface area contributed by atoms with Gasteiger partial charge in [-0.2, -0.15) is 0 Å². The molecule has 3 aromatic rings. The maximum absolute atomic E-state index is 13.8. The van der Waals surface area contributed by atoms with Gasteiger partial charge in [-0.05, 0) is 42.3 Å². The molecule has 0 aliphatic rings. The van der Waals surface area contributed by atoms with Crippen LogP contribution in [0.25, 0.3) is 0 Å². The number of benzene rings is 3. The molecule has 0 aliphatic heterocycles. The highest BCUT2D eigenvalue weighted by Gasteiger charge is 2.32. The van der Waals surface area contributed by atoms with Gasteiger partial charge in [-0.25, -0.2) is 8.42 Å². The molecule has 0 aromatic heterocycles. The minimum atomic E-state index is -3.81. The number of carbonyl (C=O) groups is 2. The quantitative estimate of drug-likeness (QED) is 0.434. The third kappa shape index (κ3) is 7.32. The Morgan fingerprint density at radius 2 is 1.53 bits per heavy atom. The van der Waals surface area contributed by atoms with Crippen LogP contribution in [0, 0.1) is 6.92 Å². The molecule has 2 amide bonds. The van der Waals surface area contributed by atoms with Gasteiger partial charge < -0.3 is 10.2 Å². The zero-order valence-corrected chi connectivity index (χ0v) is 22.1. The summed E-state index contributed by atoms with van der Waals surface area (Å²) in [6, 6.07) is 22.4. The number of sulfonamides is 1. The molecule has 36 heavy (non-hydrogen) atoms. The summed E-state index contributed by atoms with van der Waals surface area (Å²) in [5.74, 6) is -0.836. The summed E-state index contributed by atoms with van der Waals surface area (Å²) < 4.78 is 26.4. The monoisotopic (exact) mass is 527 g/mol. The van der Waals surface area contributed by atoms with Crippen molar-refractivity contribution in [2.24, 2.45) is 0 Å². The average molecular weight is 528 g/mol. The van der Waals surface area contributed by atoms with E-state index in [2.05, 4.69) is 5.32 Å². The van der Waals surface area contributed by atoms with Gasteiger partial charge in [0.1, 0.15) is 12.6 Å². The first-order valence-electron chi connectivity index (χ1n) is 11.4. The second-order valence-electron chi connectivity index (χ2n) is 8.57. The van der Waals surface area contributed by atoms with Gasteiger partial charge in [-0.1, -0.05) is 71.8 Å². The van der Waals surface area contributed by atoms with Crippen molar-refractivity contribution in [3.63, 3.8) is 0 Å². The lowest BCUT2D eigenvalue weighted by molar-refractivity contribution is -0.139. The van der Waals surface area contributed by atoms with Crippen molar-refractivity contribution in [1.82, 2.24) is 10.2 Å². The Morgan fingerprint density at radius 1 is 0.917 bits per heavy atom. The first-order valence-corrected chi connectivity index (χ1v) is 13.6. The Morgan fingerprint density at radius 3 is 2.08 bits per heavy atom. The van der Waals surface area contributed by atoms with E-state index in [1.165, 1.54) is 11.9 Å². The Labute approximate surface area is 217 Å². The van der Waals surface area contributed by atoms with Crippen molar-refractivity contribution >= 4 is 39.1 Å². The molecule has 0 radical (unpaired) electrons. The molecule has 0 saturated carbocycles. The van der Waals surface area contributed by atoms with Crippen LogP contribution in [-0.2, 0) is 32.6 Å². The largest absolute Gasteiger partial charge is 0.357 e. The molecule has 0 aliphatic carbocycles. The summed E-state index contributed by atoms with van der Waals surface area (Å²) >= 11 is 5.97. The molecule has 0 spiro atoms. The van der Waals surface area contributed by atoms with Gasteiger partial charge in [0.25, 0.3) is 0 Å². The normalized spacial score (nSPS) is 12.0. The number of hydrogen-bond donors (Lipinski definition) is 1. The number of aryl methyl sites for hydroxylation is 1. The van der Waals surface area contributed by atoms with Crippen LogP contribution in [0.15, 0.2) is 78.9 Å². The van der Waals surface area contributed by atoms with Gasteiger partial charge in [0.2, 0.25) is 21.8 Å². The molecule has 0 fully saturated rings. The number of nitrogens with zero attached hydrogens (tertiary/aromatic N) is 2. The summed E-state index contributed by atoms with van der Waals surface area (Å²) in [7, 11) is -2.29. The van der Waals surface area contributed by atoms with E-state index >= 15 is 0 Å². The molecule has 1 unspecified atom stereocenters. The molecular weight excluding hydrogens is 498 g/mol. The van der Waals surface area contributed by atoms with Crippen LogP contribution in [0.5, 0.6) is 0 Å². The minimum Gasteiger partial charge on any atom is -0.357 e. The van der Waals surface area contributed by atoms with Crippen molar-refractivity contribution in [1.29, 1.82) is 0 Å². The maximum Gasteiger partial charge on any atom is 0.244 e. The standard InChI is InChI=1S/C27H30ClN3O4S/c1-20-9-11-22(12-10-20)18-30(25(27(33)29-2)17-21-7-5-4-6-8-21)26(32)19-31(36(3,34)35)24-15-13-23(28)14-16-24/h4-16,25H,17-19H2,1-3H3,(H,29,33). The fraction of sp³-hybridized carbons (Fsp3) is 0.259. The van der Waals surface area contributed by atoms with Crippen LogP contribution < -0.4 is 9.62 Å². The van der Waals surface area contributed by atoms with Crippen LogP contribution in [0.1, 0.15) is 16.7 Å². The second-order valence-corrected chi connectivity index (χ2v) is 10.9. The highest BCUT2D eigenvalue weighted by atomic mass is 35.5. The highest BCUT2D eigenvalue weighted by Crippen LogP contribution is 2.22. The van der Waals surface area contributed by atoms with Gasteiger partial charge in [-0.3, -0.25) is 13.9 Å². The number of anilines is 1. The number of rotatable bonds is 10. The maximum atomic E-state index is 13.8. The number of carbonyl (C=O) groups excluding carboxylic acids is 2. The molecule has 0 bridgehead atoms. The predicted octanol–water partition coefficient (Wildman–Crippen LogP) is 3.80.